The van der Waals surface area contributed by atoms with Crippen LogP contribution >= 0.6 is 0 Å². The molecule has 1 saturated carbocycles. The van der Waals surface area contributed by atoms with E-state index in [2.05, 4.69) is 0 Å². The molecule has 1 amide bonds. The first-order valence-corrected chi connectivity index (χ1v) is 6.46. The van der Waals surface area contributed by atoms with Crippen LogP contribution in [0.5, 0.6) is 0 Å². The Morgan fingerprint density at radius 3 is 2.38 bits per heavy atom. The Bertz CT molecular complexity index is 232. The van der Waals surface area contributed by atoms with Crippen molar-refractivity contribution in [3.05, 3.63) is 0 Å². The van der Waals surface area contributed by atoms with Gasteiger partial charge in [0.2, 0.25) is 5.91 Å². The van der Waals surface area contributed by atoms with Crippen LogP contribution in [-0.4, -0.2) is 30.4 Å². The van der Waals surface area contributed by atoms with Gasteiger partial charge in [-0.2, -0.15) is 0 Å². The maximum atomic E-state index is 12.3. The van der Waals surface area contributed by atoms with Crippen molar-refractivity contribution >= 4 is 5.91 Å². The lowest BCUT2D eigenvalue weighted by Crippen LogP contribution is -2.45. The Labute approximate surface area is 99.4 Å². The third-order valence-corrected chi connectivity index (χ3v) is 3.79. The van der Waals surface area contributed by atoms with Crippen molar-refractivity contribution in [1.29, 1.82) is 0 Å². The fraction of sp³-hybridized carbons (Fsp3) is 0.923. The summed E-state index contributed by atoms with van der Waals surface area (Å²) in [5.74, 6) is 0.254. The lowest BCUT2D eigenvalue weighted by atomic mass is 9.86. The van der Waals surface area contributed by atoms with E-state index in [1.165, 1.54) is 32.1 Å². The largest absolute Gasteiger partial charge is 0.342 e. The maximum Gasteiger partial charge on any atom is 0.228 e. The molecule has 0 aromatic carbocycles. The average molecular weight is 226 g/mol. The number of carbonyl (C=O) groups excluding carboxylic acids is 1. The van der Waals surface area contributed by atoms with Crippen LogP contribution in [-0.2, 0) is 4.79 Å². The molecule has 1 fully saturated rings. The van der Waals surface area contributed by atoms with E-state index in [1.54, 1.807) is 0 Å². The molecule has 3 heteroatoms. The second-order valence-electron chi connectivity index (χ2n) is 5.63. The summed E-state index contributed by atoms with van der Waals surface area (Å²) in [6.45, 7) is 4.58. The molecule has 3 nitrogen and oxygen atoms in total. The third kappa shape index (κ3) is 3.21. The van der Waals surface area contributed by atoms with Gasteiger partial charge in [0.1, 0.15) is 0 Å². The minimum absolute atomic E-state index is 0.254. The van der Waals surface area contributed by atoms with Crippen LogP contribution in [0.1, 0.15) is 52.4 Å². The minimum Gasteiger partial charge on any atom is -0.342 e. The third-order valence-electron chi connectivity index (χ3n) is 3.79. The van der Waals surface area contributed by atoms with Gasteiger partial charge in [0, 0.05) is 18.5 Å². The van der Waals surface area contributed by atoms with E-state index < -0.39 is 0 Å². The molecule has 0 unspecified atom stereocenters. The van der Waals surface area contributed by atoms with Gasteiger partial charge in [-0.15, -0.1) is 0 Å². The summed E-state index contributed by atoms with van der Waals surface area (Å²) in [4.78, 5) is 14.3. The zero-order valence-corrected chi connectivity index (χ0v) is 11.0. The number of amides is 1. The summed E-state index contributed by atoms with van der Waals surface area (Å²) in [6, 6.07) is 0.457. The Kier molecular flexibility index (Phi) is 4.78. The normalized spacial score (nSPS) is 18.5. The SMILES string of the molecule is CN(C(=O)C(C)(C)CCN)C1CCCCC1. The van der Waals surface area contributed by atoms with Crippen LogP contribution in [0.15, 0.2) is 0 Å². The maximum absolute atomic E-state index is 12.3. The van der Waals surface area contributed by atoms with Crippen molar-refractivity contribution in [2.75, 3.05) is 13.6 Å². The van der Waals surface area contributed by atoms with E-state index in [0.29, 0.717) is 12.6 Å². The first-order chi connectivity index (χ1) is 7.49. The van der Waals surface area contributed by atoms with E-state index in [0.717, 1.165) is 6.42 Å². The summed E-state index contributed by atoms with van der Waals surface area (Å²) in [5.41, 5.74) is 5.26. The second kappa shape index (κ2) is 5.67. The number of nitrogens with zero attached hydrogens (tertiary/aromatic N) is 1. The van der Waals surface area contributed by atoms with E-state index in [1.807, 2.05) is 25.8 Å². The summed E-state index contributed by atoms with van der Waals surface area (Å²) < 4.78 is 0. The lowest BCUT2D eigenvalue weighted by Gasteiger charge is -2.36. The van der Waals surface area contributed by atoms with Gasteiger partial charge in [-0.25, -0.2) is 0 Å². The molecule has 2 N–H and O–H groups in total. The van der Waals surface area contributed by atoms with Gasteiger partial charge in [0.15, 0.2) is 0 Å². The zero-order chi connectivity index (χ0) is 12.2. The Morgan fingerprint density at radius 1 is 1.31 bits per heavy atom. The number of nitrogens with two attached hydrogens (primary N) is 1. The van der Waals surface area contributed by atoms with Gasteiger partial charge in [-0.05, 0) is 25.8 Å². The highest BCUT2D eigenvalue weighted by Crippen LogP contribution is 2.27. The number of hydrogen-bond acceptors (Lipinski definition) is 2. The number of rotatable bonds is 4. The van der Waals surface area contributed by atoms with E-state index in [-0.39, 0.29) is 11.3 Å². The fourth-order valence-corrected chi connectivity index (χ4v) is 2.58. The summed E-state index contributed by atoms with van der Waals surface area (Å²) in [6.07, 6.45) is 6.95. The molecule has 0 aliphatic heterocycles. The molecule has 1 aliphatic carbocycles. The van der Waals surface area contributed by atoms with Crippen molar-refractivity contribution in [2.45, 2.75) is 58.4 Å². The van der Waals surface area contributed by atoms with Crippen LogP contribution in [0.4, 0.5) is 0 Å². The molecule has 0 bridgehead atoms. The van der Waals surface area contributed by atoms with Crippen molar-refractivity contribution in [2.24, 2.45) is 11.1 Å². The average Bonchev–Trinajstić information content (AvgIpc) is 2.28. The molecule has 16 heavy (non-hydrogen) atoms. The van der Waals surface area contributed by atoms with E-state index in [9.17, 15) is 4.79 Å². The van der Waals surface area contributed by atoms with Gasteiger partial charge >= 0.3 is 0 Å². The van der Waals surface area contributed by atoms with Crippen LogP contribution in [0.3, 0.4) is 0 Å². The predicted octanol–water partition coefficient (Wildman–Crippen LogP) is 2.15. The Balaban J connectivity index is 2.57. The smallest absolute Gasteiger partial charge is 0.228 e. The van der Waals surface area contributed by atoms with Gasteiger partial charge in [-0.3, -0.25) is 4.79 Å². The van der Waals surface area contributed by atoms with Crippen LogP contribution in [0, 0.1) is 5.41 Å². The first-order valence-electron chi connectivity index (χ1n) is 6.46. The highest BCUT2D eigenvalue weighted by molar-refractivity contribution is 5.82. The molecular weight excluding hydrogens is 200 g/mol. The molecule has 0 atom stereocenters. The Hall–Kier alpha value is -0.570. The highest BCUT2D eigenvalue weighted by Gasteiger charge is 2.32. The van der Waals surface area contributed by atoms with E-state index in [4.69, 9.17) is 5.73 Å². The van der Waals surface area contributed by atoms with E-state index >= 15 is 0 Å². The summed E-state index contributed by atoms with van der Waals surface area (Å²) in [7, 11) is 1.95. The molecule has 1 rings (SSSR count). The first kappa shape index (κ1) is 13.5. The fourth-order valence-electron chi connectivity index (χ4n) is 2.58. The lowest BCUT2D eigenvalue weighted by molar-refractivity contribution is -0.142. The van der Waals surface area contributed by atoms with Crippen LogP contribution in [0.2, 0.25) is 0 Å². The van der Waals surface area contributed by atoms with Gasteiger partial charge in [0.25, 0.3) is 0 Å². The molecule has 94 valence electrons. The number of hydrogen-bond donors (Lipinski definition) is 1. The monoisotopic (exact) mass is 226 g/mol. The highest BCUT2D eigenvalue weighted by atomic mass is 16.2. The zero-order valence-electron chi connectivity index (χ0n) is 11.0. The molecule has 0 saturated heterocycles. The topological polar surface area (TPSA) is 46.3 Å². The standard InChI is InChI=1S/C13H26N2O/c1-13(2,9-10-14)12(16)15(3)11-7-5-4-6-8-11/h11H,4-10,14H2,1-3H3. The molecule has 0 radical (unpaired) electrons. The van der Waals surface area contributed by atoms with Gasteiger partial charge in [-0.1, -0.05) is 33.1 Å². The van der Waals surface area contributed by atoms with Crippen molar-refractivity contribution < 1.29 is 4.79 Å². The van der Waals surface area contributed by atoms with Crippen molar-refractivity contribution in [3.8, 4) is 0 Å². The van der Waals surface area contributed by atoms with Crippen molar-refractivity contribution in [3.63, 3.8) is 0 Å². The van der Waals surface area contributed by atoms with Crippen molar-refractivity contribution in [1.82, 2.24) is 4.90 Å². The van der Waals surface area contributed by atoms with Gasteiger partial charge in [0.05, 0.1) is 0 Å². The second-order valence-corrected chi connectivity index (χ2v) is 5.63. The molecule has 1 aliphatic rings. The minimum atomic E-state index is -0.305. The molecule has 0 spiro atoms. The quantitative estimate of drug-likeness (QED) is 0.798. The number of carbonyl (C=O) groups is 1. The van der Waals surface area contributed by atoms with Crippen LogP contribution < -0.4 is 5.73 Å². The molecule has 0 aromatic heterocycles. The summed E-state index contributed by atoms with van der Waals surface area (Å²) in [5, 5.41) is 0. The molecule has 0 aromatic rings. The molecule has 0 heterocycles. The van der Waals surface area contributed by atoms with Crippen LogP contribution in [0.25, 0.3) is 0 Å². The summed E-state index contributed by atoms with van der Waals surface area (Å²) >= 11 is 0. The Morgan fingerprint density at radius 2 is 1.88 bits per heavy atom. The predicted molar refractivity (Wildman–Crippen MR) is 67.1 cm³/mol. The molecular formula is C13H26N2O. The van der Waals surface area contributed by atoms with Gasteiger partial charge < -0.3 is 10.6 Å².